The van der Waals surface area contributed by atoms with Crippen molar-refractivity contribution >= 4 is 0 Å². The van der Waals surface area contributed by atoms with Gasteiger partial charge in [0.25, 0.3) is 0 Å². The Morgan fingerprint density at radius 1 is 0.833 bits per heavy atom. The molecule has 0 unspecified atom stereocenters. The summed E-state index contributed by atoms with van der Waals surface area (Å²) in [5, 5.41) is 0. The molecule has 0 spiro atoms. The maximum absolute atomic E-state index is 5.26. The predicted octanol–water partition coefficient (Wildman–Crippen LogP) is 0.188. The van der Waals surface area contributed by atoms with Gasteiger partial charge >= 0.3 is 0 Å². The molecule has 0 aromatic carbocycles. The molecule has 0 bridgehead atoms. The average Bonchev–Trinajstić information content (AvgIpc) is 2.10. The Bertz CT molecular complexity index is 95.2. The van der Waals surface area contributed by atoms with Crippen LogP contribution < -0.4 is 11.5 Å². The van der Waals surface area contributed by atoms with Gasteiger partial charge in [-0.05, 0) is 25.9 Å². The molecule has 72 valence electrons. The maximum atomic E-state index is 5.26. The molecule has 0 amide bonds. The summed E-state index contributed by atoms with van der Waals surface area (Å²) >= 11 is 0. The van der Waals surface area contributed by atoms with Gasteiger partial charge in [0.05, 0.1) is 13.2 Å². The lowest BCUT2D eigenvalue weighted by molar-refractivity contribution is 0.202. The predicted molar refractivity (Wildman–Crippen MR) is 48.4 cm³/mol. The zero-order valence-corrected chi connectivity index (χ0v) is 7.37. The molecule has 0 aromatic rings. The van der Waals surface area contributed by atoms with E-state index in [4.69, 9.17) is 20.9 Å². The van der Waals surface area contributed by atoms with Crippen LogP contribution in [0.5, 0.6) is 0 Å². The van der Waals surface area contributed by atoms with Gasteiger partial charge in [-0.25, -0.2) is 0 Å². The molecule has 0 fully saturated rings. The summed E-state index contributed by atoms with van der Waals surface area (Å²) < 4.78 is 10.1. The standard InChI is InChI=1S/C8H18N2O2/c9-3-1-5-11-7-8-12-6-2-4-10/h7-8H,1-6,9-10H2. The van der Waals surface area contributed by atoms with E-state index in [1.807, 2.05) is 0 Å². The number of ether oxygens (including phenoxy) is 2. The van der Waals surface area contributed by atoms with Crippen molar-refractivity contribution in [1.29, 1.82) is 0 Å². The fourth-order valence-corrected chi connectivity index (χ4v) is 0.548. The summed E-state index contributed by atoms with van der Waals surface area (Å²) in [6, 6.07) is 0. The first-order chi connectivity index (χ1) is 5.91. The molecule has 0 aromatic heterocycles. The highest BCUT2D eigenvalue weighted by molar-refractivity contribution is 4.60. The van der Waals surface area contributed by atoms with E-state index in [2.05, 4.69) is 0 Å². The SMILES string of the molecule is NCCCOC=COCCCN. The molecule has 0 rings (SSSR count). The van der Waals surface area contributed by atoms with Crippen LogP contribution >= 0.6 is 0 Å². The van der Waals surface area contributed by atoms with E-state index in [0.717, 1.165) is 12.8 Å². The van der Waals surface area contributed by atoms with Gasteiger partial charge in [-0.1, -0.05) is 0 Å². The first kappa shape index (κ1) is 11.3. The monoisotopic (exact) mass is 174 g/mol. The third-order valence-electron chi connectivity index (χ3n) is 1.18. The summed E-state index contributed by atoms with van der Waals surface area (Å²) in [5.41, 5.74) is 10.5. The highest BCUT2D eigenvalue weighted by Crippen LogP contribution is 1.85. The van der Waals surface area contributed by atoms with Crippen LogP contribution in [0.15, 0.2) is 12.5 Å². The van der Waals surface area contributed by atoms with Crippen molar-refractivity contribution in [2.45, 2.75) is 12.8 Å². The average molecular weight is 174 g/mol. The van der Waals surface area contributed by atoms with Crippen LogP contribution in [0, 0.1) is 0 Å². The number of hydrogen-bond acceptors (Lipinski definition) is 4. The second-order valence-corrected chi connectivity index (χ2v) is 2.30. The van der Waals surface area contributed by atoms with E-state index >= 15 is 0 Å². The van der Waals surface area contributed by atoms with E-state index in [-0.39, 0.29) is 0 Å². The second-order valence-electron chi connectivity index (χ2n) is 2.30. The van der Waals surface area contributed by atoms with Gasteiger partial charge in [-0.15, -0.1) is 0 Å². The van der Waals surface area contributed by atoms with Crippen LogP contribution in [0.25, 0.3) is 0 Å². The molecular weight excluding hydrogens is 156 g/mol. The zero-order valence-electron chi connectivity index (χ0n) is 7.37. The molecule has 0 radical (unpaired) electrons. The first-order valence-corrected chi connectivity index (χ1v) is 4.20. The lowest BCUT2D eigenvalue weighted by Gasteiger charge is -1.99. The lowest BCUT2D eigenvalue weighted by atomic mass is 10.5. The Balaban J connectivity index is 2.93. The van der Waals surface area contributed by atoms with Gasteiger partial charge in [-0.2, -0.15) is 0 Å². The van der Waals surface area contributed by atoms with E-state index in [1.165, 1.54) is 12.5 Å². The second kappa shape index (κ2) is 10.3. The van der Waals surface area contributed by atoms with Gasteiger partial charge in [0.1, 0.15) is 12.5 Å². The maximum Gasteiger partial charge on any atom is 0.117 e. The minimum atomic E-state index is 0.646. The Kier molecular flexibility index (Phi) is 9.63. The van der Waals surface area contributed by atoms with Crippen LogP contribution in [-0.2, 0) is 9.47 Å². The van der Waals surface area contributed by atoms with Crippen LogP contribution in [0.2, 0.25) is 0 Å². The number of hydrogen-bond donors (Lipinski definition) is 2. The van der Waals surface area contributed by atoms with Crippen LogP contribution in [0.4, 0.5) is 0 Å². The lowest BCUT2D eigenvalue weighted by Crippen LogP contribution is -2.02. The molecule has 0 atom stereocenters. The summed E-state index contributed by atoms with van der Waals surface area (Å²) in [6.45, 7) is 2.60. The van der Waals surface area contributed by atoms with Crippen molar-refractivity contribution in [2.75, 3.05) is 26.3 Å². The zero-order chi connectivity index (χ0) is 9.07. The van der Waals surface area contributed by atoms with Crippen LogP contribution in [0.1, 0.15) is 12.8 Å². The van der Waals surface area contributed by atoms with Crippen LogP contribution in [0.3, 0.4) is 0 Å². The van der Waals surface area contributed by atoms with Crippen molar-refractivity contribution in [3.05, 3.63) is 12.5 Å². The summed E-state index contributed by atoms with van der Waals surface area (Å²) in [5.74, 6) is 0. The minimum absolute atomic E-state index is 0.646. The third kappa shape index (κ3) is 9.26. The third-order valence-corrected chi connectivity index (χ3v) is 1.18. The van der Waals surface area contributed by atoms with Gasteiger partial charge in [0.2, 0.25) is 0 Å². The normalized spacial score (nSPS) is 10.5. The van der Waals surface area contributed by atoms with Gasteiger partial charge in [-0.3, -0.25) is 0 Å². The van der Waals surface area contributed by atoms with Gasteiger partial charge in [0.15, 0.2) is 0 Å². The fraction of sp³-hybridized carbons (Fsp3) is 0.750. The minimum Gasteiger partial charge on any atom is -0.498 e. The molecule has 4 N–H and O–H groups in total. The van der Waals surface area contributed by atoms with Crippen LogP contribution in [-0.4, -0.2) is 26.3 Å². The molecule has 4 nitrogen and oxygen atoms in total. The fourth-order valence-electron chi connectivity index (χ4n) is 0.548. The number of nitrogens with two attached hydrogens (primary N) is 2. The summed E-state index contributed by atoms with van der Waals surface area (Å²) in [4.78, 5) is 0. The largest absolute Gasteiger partial charge is 0.498 e. The molecule has 4 heteroatoms. The molecule has 0 saturated heterocycles. The van der Waals surface area contributed by atoms with E-state index in [1.54, 1.807) is 0 Å². The van der Waals surface area contributed by atoms with Gasteiger partial charge < -0.3 is 20.9 Å². The van der Waals surface area contributed by atoms with Crippen molar-refractivity contribution in [3.63, 3.8) is 0 Å². The van der Waals surface area contributed by atoms with E-state index in [0.29, 0.717) is 26.3 Å². The topological polar surface area (TPSA) is 70.5 Å². The van der Waals surface area contributed by atoms with E-state index < -0.39 is 0 Å². The van der Waals surface area contributed by atoms with Gasteiger partial charge in [0, 0.05) is 0 Å². The Morgan fingerprint density at radius 2 is 1.25 bits per heavy atom. The Morgan fingerprint density at radius 3 is 1.58 bits per heavy atom. The Labute approximate surface area is 73.5 Å². The molecule has 12 heavy (non-hydrogen) atoms. The summed E-state index contributed by atoms with van der Waals surface area (Å²) in [7, 11) is 0. The molecule has 0 heterocycles. The first-order valence-electron chi connectivity index (χ1n) is 4.20. The van der Waals surface area contributed by atoms with Crippen molar-refractivity contribution in [3.8, 4) is 0 Å². The summed E-state index contributed by atoms with van der Waals surface area (Å²) in [6.07, 6.45) is 4.80. The molecular formula is C8H18N2O2. The molecule has 0 saturated carbocycles. The smallest absolute Gasteiger partial charge is 0.117 e. The van der Waals surface area contributed by atoms with Crippen molar-refractivity contribution < 1.29 is 9.47 Å². The molecule has 0 aliphatic rings. The van der Waals surface area contributed by atoms with Crippen molar-refractivity contribution in [2.24, 2.45) is 11.5 Å². The number of rotatable bonds is 8. The molecule has 0 aliphatic heterocycles. The highest BCUT2D eigenvalue weighted by Gasteiger charge is 1.81. The highest BCUT2D eigenvalue weighted by atomic mass is 16.5. The van der Waals surface area contributed by atoms with E-state index in [9.17, 15) is 0 Å². The quantitative estimate of drug-likeness (QED) is 0.407. The molecule has 0 aliphatic carbocycles. The van der Waals surface area contributed by atoms with Crippen molar-refractivity contribution in [1.82, 2.24) is 0 Å². The Hall–Kier alpha value is -0.740.